The molecular formula is C11H11NO. The van der Waals surface area contributed by atoms with Crippen LogP contribution in [0.4, 0.5) is 0 Å². The highest BCUT2D eigenvalue weighted by atomic mass is 16.2. The number of nitrogens with zero attached hydrogens (tertiary/aromatic N) is 1. The Balaban J connectivity index is 2.70. The van der Waals surface area contributed by atoms with E-state index < -0.39 is 0 Å². The van der Waals surface area contributed by atoms with E-state index in [0.717, 1.165) is 11.1 Å². The van der Waals surface area contributed by atoms with E-state index in [1.807, 2.05) is 30.3 Å². The Labute approximate surface area is 77.8 Å². The van der Waals surface area contributed by atoms with Crippen molar-refractivity contribution in [3.05, 3.63) is 41.5 Å². The van der Waals surface area contributed by atoms with Gasteiger partial charge in [0.1, 0.15) is 0 Å². The van der Waals surface area contributed by atoms with E-state index in [9.17, 15) is 0 Å². The standard InChI is InChI=1S/C11H11NO/c12-8-7-11-5-3-10(4-6-11)2-1-9-13/h1-6,13H,7,9H2. The van der Waals surface area contributed by atoms with Crippen LogP contribution in [0.15, 0.2) is 30.3 Å². The van der Waals surface area contributed by atoms with Gasteiger partial charge < -0.3 is 5.11 Å². The number of nitriles is 1. The van der Waals surface area contributed by atoms with Crippen LogP contribution in [0.3, 0.4) is 0 Å². The van der Waals surface area contributed by atoms with Gasteiger partial charge in [0.25, 0.3) is 0 Å². The van der Waals surface area contributed by atoms with E-state index in [1.54, 1.807) is 6.08 Å². The summed E-state index contributed by atoms with van der Waals surface area (Å²) >= 11 is 0. The molecule has 13 heavy (non-hydrogen) atoms. The highest BCUT2D eigenvalue weighted by Crippen LogP contribution is 2.06. The first-order chi connectivity index (χ1) is 6.36. The number of aliphatic hydroxyl groups is 1. The smallest absolute Gasteiger partial charge is 0.0669 e. The molecule has 2 heteroatoms. The van der Waals surface area contributed by atoms with Crippen molar-refractivity contribution in [3.8, 4) is 6.07 Å². The van der Waals surface area contributed by atoms with Crippen molar-refractivity contribution in [1.82, 2.24) is 0 Å². The average Bonchev–Trinajstić information content (AvgIpc) is 2.17. The zero-order valence-electron chi connectivity index (χ0n) is 7.27. The predicted molar refractivity (Wildman–Crippen MR) is 51.9 cm³/mol. The molecule has 66 valence electrons. The molecule has 0 aliphatic heterocycles. The molecule has 0 amide bonds. The zero-order valence-corrected chi connectivity index (χ0v) is 7.27. The van der Waals surface area contributed by atoms with E-state index in [-0.39, 0.29) is 6.61 Å². The second-order valence-electron chi connectivity index (χ2n) is 2.66. The first-order valence-corrected chi connectivity index (χ1v) is 4.10. The molecular weight excluding hydrogens is 162 g/mol. The van der Waals surface area contributed by atoms with Crippen molar-refractivity contribution >= 4 is 6.08 Å². The quantitative estimate of drug-likeness (QED) is 0.756. The van der Waals surface area contributed by atoms with Crippen LogP contribution in [-0.4, -0.2) is 11.7 Å². The molecule has 0 aliphatic carbocycles. The van der Waals surface area contributed by atoms with Gasteiger partial charge in [-0.1, -0.05) is 36.4 Å². The lowest BCUT2D eigenvalue weighted by molar-refractivity contribution is 0.343. The van der Waals surface area contributed by atoms with E-state index in [4.69, 9.17) is 10.4 Å². The van der Waals surface area contributed by atoms with Gasteiger partial charge in [0.2, 0.25) is 0 Å². The Morgan fingerprint density at radius 2 is 2.00 bits per heavy atom. The maximum absolute atomic E-state index is 8.54. The summed E-state index contributed by atoms with van der Waals surface area (Å²) in [5, 5.41) is 17.0. The molecule has 1 aromatic carbocycles. The monoisotopic (exact) mass is 173 g/mol. The maximum atomic E-state index is 8.54. The topological polar surface area (TPSA) is 44.0 Å². The third-order valence-corrected chi connectivity index (χ3v) is 1.68. The minimum absolute atomic E-state index is 0.0555. The molecule has 1 aromatic rings. The lowest BCUT2D eigenvalue weighted by atomic mass is 10.1. The van der Waals surface area contributed by atoms with Gasteiger partial charge in [-0.05, 0) is 11.1 Å². The van der Waals surface area contributed by atoms with Crippen LogP contribution >= 0.6 is 0 Å². The molecule has 0 aliphatic rings. The molecule has 0 heterocycles. The Bertz CT molecular complexity index is 319. The molecule has 0 radical (unpaired) electrons. The van der Waals surface area contributed by atoms with Gasteiger partial charge in [-0.3, -0.25) is 0 Å². The second kappa shape index (κ2) is 5.13. The molecule has 0 saturated heterocycles. The summed E-state index contributed by atoms with van der Waals surface area (Å²) in [5.74, 6) is 0. The molecule has 1 N–H and O–H groups in total. The van der Waals surface area contributed by atoms with Crippen LogP contribution in [0.2, 0.25) is 0 Å². The van der Waals surface area contributed by atoms with Gasteiger partial charge in [0.05, 0.1) is 19.1 Å². The third-order valence-electron chi connectivity index (χ3n) is 1.68. The predicted octanol–water partition coefficient (Wildman–Crippen LogP) is 1.76. The van der Waals surface area contributed by atoms with Crippen LogP contribution in [0.5, 0.6) is 0 Å². The Hall–Kier alpha value is -1.59. The molecule has 0 spiro atoms. The maximum Gasteiger partial charge on any atom is 0.0669 e. The van der Waals surface area contributed by atoms with Gasteiger partial charge in [-0.2, -0.15) is 5.26 Å². The lowest BCUT2D eigenvalue weighted by Crippen LogP contribution is -1.81. The second-order valence-corrected chi connectivity index (χ2v) is 2.66. The van der Waals surface area contributed by atoms with E-state index >= 15 is 0 Å². The van der Waals surface area contributed by atoms with Gasteiger partial charge in [0.15, 0.2) is 0 Å². The number of hydrogen-bond acceptors (Lipinski definition) is 2. The molecule has 0 aromatic heterocycles. The molecule has 0 atom stereocenters. The molecule has 0 fully saturated rings. The summed E-state index contributed by atoms with van der Waals surface area (Å²) in [4.78, 5) is 0. The molecule has 2 nitrogen and oxygen atoms in total. The van der Waals surface area contributed by atoms with Crippen molar-refractivity contribution in [1.29, 1.82) is 5.26 Å². The van der Waals surface area contributed by atoms with E-state index in [2.05, 4.69) is 6.07 Å². The van der Waals surface area contributed by atoms with Crippen LogP contribution < -0.4 is 0 Å². The summed E-state index contributed by atoms with van der Waals surface area (Å²) in [7, 11) is 0. The molecule has 1 rings (SSSR count). The van der Waals surface area contributed by atoms with Gasteiger partial charge in [-0.25, -0.2) is 0 Å². The lowest BCUT2D eigenvalue weighted by Gasteiger charge is -1.95. The van der Waals surface area contributed by atoms with Gasteiger partial charge in [0, 0.05) is 0 Å². The van der Waals surface area contributed by atoms with Crippen LogP contribution in [0, 0.1) is 11.3 Å². The number of hydrogen-bond donors (Lipinski definition) is 1. The van der Waals surface area contributed by atoms with Crippen LogP contribution in [-0.2, 0) is 6.42 Å². The highest BCUT2D eigenvalue weighted by Gasteiger charge is 1.90. The molecule has 0 saturated carbocycles. The van der Waals surface area contributed by atoms with E-state index in [0.29, 0.717) is 6.42 Å². The fraction of sp³-hybridized carbons (Fsp3) is 0.182. The van der Waals surface area contributed by atoms with Gasteiger partial charge >= 0.3 is 0 Å². The summed E-state index contributed by atoms with van der Waals surface area (Å²) < 4.78 is 0. The van der Waals surface area contributed by atoms with Crippen LogP contribution in [0.25, 0.3) is 6.08 Å². The van der Waals surface area contributed by atoms with Crippen molar-refractivity contribution < 1.29 is 5.11 Å². The Morgan fingerprint density at radius 3 is 2.54 bits per heavy atom. The zero-order chi connectivity index (χ0) is 9.52. The van der Waals surface area contributed by atoms with Crippen LogP contribution in [0.1, 0.15) is 11.1 Å². The Kier molecular flexibility index (Phi) is 3.74. The first kappa shape index (κ1) is 9.50. The average molecular weight is 173 g/mol. The highest BCUT2D eigenvalue weighted by molar-refractivity contribution is 5.49. The fourth-order valence-electron chi connectivity index (χ4n) is 1.03. The normalized spacial score (nSPS) is 10.2. The summed E-state index contributed by atoms with van der Waals surface area (Å²) in [6.45, 7) is 0.0555. The minimum Gasteiger partial charge on any atom is -0.392 e. The number of rotatable bonds is 3. The molecule has 0 bridgehead atoms. The van der Waals surface area contributed by atoms with Crippen molar-refractivity contribution in [2.24, 2.45) is 0 Å². The summed E-state index contributed by atoms with van der Waals surface area (Å²) in [6.07, 6.45) is 3.97. The number of benzene rings is 1. The Morgan fingerprint density at radius 1 is 1.31 bits per heavy atom. The largest absolute Gasteiger partial charge is 0.392 e. The fourth-order valence-corrected chi connectivity index (χ4v) is 1.03. The van der Waals surface area contributed by atoms with E-state index in [1.165, 1.54) is 0 Å². The van der Waals surface area contributed by atoms with Crippen molar-refractivity contribution in [3.63, 3.8) is 0 Å². The minimum atomic E-state index is 0.0555. The summed E-state index contributed by atoms with van der Waals surface area (Å²) in [5.41, 5.74) is 2.05. The van der Waals surface area contributed by atoms with Crippen molar-refractivity contribution in [2.45, 2.75) is 6.42 Å². The first-order valence-electron chi connectivity index (χ1n) is 4.10. The van der Waals surface area contributed by atoms with Gasteiger partial charge in [-0.15, -0.1) is 0 Å². The molecule has 0 unspecified atom stereocenters. The SMILES string of the molecule is N#CCc1ccc(C=CCO)cc1. The third kappa shape index (κ3) is 3.10. The van der Waals surface area contributed by atoms with Crippen molar-refractivity contribution in [2.75, 3.05) is 6.61 Å². The summed E-state index contributed by atoms with van der Waals surface area (Å²) in [6, 6.07) is 9.78. The number of aliphatic hydroxyl groups excluding tert-OH is 1.